The van der Waals surface area contributed by atoms with E-state index < -0.39 is 11.7 Å². The van der Waals surface area contributed by atoms with Crippen molar-refractivity contribution in [3.63, 3.8) is 0 Å². The number of hydrogen-bond acceptors (Lipinski definition) is 1. The first-order chi connectivity index (χ1) is 9.04. The number of benzene rings is 1. The fourth-order valence-corrected chi connectivity index (χ4v) is 2.50. The van der Waals surface area contributed by atoms with Gasteiger partial charge < -0.3 is 5.32 Å². The summed E-state index contributed by atoms with van der Waals surface area (Å²) in [6, 6.07) is 4.37. The highest BCUT2D eigenvalue weighted by molar-refractivity contribution is 9.10. The zero-order chi connectivity index (χ0) is 15.6. The van der Waals surface area contributed by atoms with Crippen LogP contribution in [-0.4, -0.2) is 7.05 Å². The molecule has 5 heteroatoms. The van der Waals surface area contributed by atoms with Gasteiger partial charge in [-0.3, -0.25) is 0 Å². The molecule has 0 fully saturated rings. The van der Waals surface area contributed by atoms with Crippen molar-refractivity contribution >= 4 is 15.9 Å². The Hall–Kier alpha value is -0.550. The van der Waals surface area contributed by atoms with Crippen LogP contribution in [0.15, 0.2) is 22.7 Å². The van der Waals surface area contributed by atoms with E-state index in [-0.39, 0.29) is 15.9 Å². The predicted octanol–water partition coefficient (Wildman–Crippen LogP) is 5.55. The van der Waals surface area contributed by atoms with E-state index in [2.05, 4.69) is 42.0 Å². The van der Waals surface area contributed by atoms with Gasteiger partial charge in [0, 0.05) is 10.5 Å². The molecular formula is C15H21BrF3N. The van der Waals surface area contributed by atoms with Crippen molar-refractivity contribution in [3.8, 4) is 0 Å². The third kappa shape index (κ3) is 5.09. The molecule has 114 valence electrons. The summed E-state index contributed by atoms with van der Waals surface area (Å²) in [5.74, 6) is 0. The number of hydrogen-bond donors (Lipinski definition) is 1. The lowest BCUT2D eigenvalue weighted by Gasteiger charge is -2.24. The second-order valence-electron chi connectivity index (χ2n) is 6.18. The van der Waals surface area contributed by atoms with Gasteiger partial charge in [-0.2, -0.15) is 13.2 Å². The third-order valence-electron chi connectivity index (χ3n) is 3.23. The molecule has 0 radical (unpaired) electrons. The molecular weight excluding hydrogens is 331 g/mol. The van der Waals surface area contributed by atoms with Crippen LogP contribution >= 0.6 is 15.9 Å². The van der Waals surface area contributed by atoms with Crippen LogP contribution in [0.25, 0.3) is 0 Å². The predicted molar refractivity (Wildman–Crippen MR) is 79.6 cm³/mol. The van der Waals surface area contributed by atoms with Crippen molar-refractivity contribution in [2.24, 2.45) is 5.41 Å². The van der Waals surface area contributed by atoms with E-state index in [1.165, 1.54) is 12.1 Å². The summed E-state index contributed by atoms with van der Waals surface area (Å²) in [5.41, 5.74) is 0.218. The molecule has 0 aliphatic carbocycles. The minimum atomic E-state index is -4.34. The van der Waals surface area contributed by atoms with E-state index in [1.807, 2.05) is 0 Å². The minimum absolute atomic E-state index is 0.0663. The molecule has 1 unspecified atom stereocenters. The van der Waals surface area contributed by atoms with Crippen LogP contribution in [0.5, 0.6) is 0 Å². The topological polar surface area (TPSA) is 12.0 Å². The first-order valence-electron chi connectivity index (χ1n) is 6.58. The fourth-order valence-electron chi connectivity index (χ4n) is 2.03. The van der Waals surface area contributed by atoms with E-state index in [4.69, 9.17) is 0 Å². The van der Waals surface area contributed by atoms with Gasteiger partial charge in [0.2, 0.25) is 0 Å². The number of rotatable bonds is 4. The maximum absolute atomic E-state index is 12.9. The Morgan fingerprint density at radius 1 is 1.20 bits per heavy atom. The van der Waals surface area contributed by atoms with Gasteiger partial charge in [0.05, 0.1) is 5.56 Å². The Bertz CT molecular complexity index is 449. The van der Waals surface area contributed by atoms with Gasteiger partial charge in [0.15, 0.2) is 0 Å². The third-order valence-corrected chi connectivity index (χ3v) is 3.92. The maximum Gasteiger partial charge on any atom is 0.417 e. The highest BCUT2D eigenvalue weighted by Gasteiger charge is 2.33. The monoisotopic (exact) mass is 351 g/mol. The summed E-state index contributed by atoms with van der Waals surface area (Å²) >= 11 is 2.97. The van der Waals surface area contributed by atoms with Gasteiger partial charge in [0.1, 0.15) is 0 Å². The molecule has 20 heavy (non-hydrogen) atoms. The van der Waals surface area contributed by atoms with Crippen molar-refractivity contribution in [3.05, 3.63) is 33.8 Å². The Morgan fingerprint density at radius 2 is 1.80 bits per heavy atom. The molecule has 0 aliphatic heterocycles. The van der Waals surface area contributed by atoms with Gasteiger partial charge in [0.25, 0.3) is 0 Å². The summed E-state index contributed by atoms with van der Waals surface area (Å²) in [6.07, 6.45) is -2.59. The van der Waals surface area contributed by atoms with Crippen LogP contribution in [0.4, 0.5) is 13.2 Å². The van der Waals surface area contributed by atoms with Crippen LogP contribution < -0.4 is 5.32 Å². The maximum atomic E-state index is 12.9. The van der Waals surface area contributed by atoms with Gasteiger partial charge in [-0.05, 0) is 43.0 Å². The number of nitrogens with one attached hydrogen (secondary N) is 1. The molecule has 0 aliphatic rings. The standard InChI is InChI=1S/C15H21BrF3N/c1-14(2,3)8-7-13(20-4)10-5-6-12(16)11(9-10)15(17,18)19/h5-6,9,13,20H,7-8H2,1-4H3. The highest BCUT2D eigenvalue weighted by Crippen LogP contribution is 2.37. The SMILES string of the molecule is CNC(CCC(C)(C)C)c1ccc(Br)c(C(F)(F)F)c1. The smallest absolute Gasteiger partial charge is 0.313 e. The first kappa shape index (κ1) is 17.5. The Balaban J connectivity index is 2.99. The van der Waals surface area contributed by atoms with Crippen molar-refractivity contribution in [1.82, 2.24) is 5.32 Å². The molecule has 1 atom stereocenters. The molecule has 1 rings (SSSR count). The minimum Gasteiger partial charge on any atom is -0.313 e. The van der Waals surface area contributed by atoms with Crippen LogP contribution in [-0.2, 0) is 6.18 Å². The Labute approximate surface area is 127 Å². The molecule has 0 heterocycles. The molecule has 1 aromatic carbocycles. The van der Waals surface area contributed by atoms with Crippen LogP contribution in [0.3, 0.4) is 0 Å². The molecule has 0 saturated carbocycles. The fraction of sp³-hybridized carbons (Fsp3) is 0.600. The second kappa shape index (κ2) is 6.48. The van der Waals surface area contributed by atoms with E-state index in [0.717, 1.165) is 12.8 Å². The Kier molecular flexibility index (Phi) is 5.67. The normalized spacial score (nSPS) is 14.4. The average molecular weight is 352 g/mol. The van der Waals surface area contributed by atoms with Gasteiger partial charge in [-0.25, -0.2) is 0 Å². The van der Waals surface area contributed by atoms with Gasteiger partial charge in [-0.15, -0.1) is 0 Å². The summed E-state index contributed by atoms with van der Waals surface area (Å²) in [4.78, 5) is 0. The lowest BCUT2D eigenvalue weighted by molar-refractivity contribution is -0.138. The summed E-state index contributed by atoms with van der Waals surface area (Å²) < 4.78 is 38.8. The van der Waals surface area contributed by atoms with Crippen LogP contribution in [0.2, 0.25) is 0 Å². The molecule has 1 nitrogen and oxygen atoms in total. The summed E-state index contributed by atoms with van der Waals surface area (Å²) in [7, 11) is 1.78. The van der Waals surface area contributed by atoms with Crippen molar-refractivity contribution in [2.75, 3.05) is 7.05 Å². The molecule has 1 aromatic rings. The zero-order valence-corrected chi connectivity index (χ0v) is 13.8. The molecule has 0 amide bonds. The highest BCUT2D eigenvalue weighted by atomic mass is 79.9. The largest absolute Gasteiger partial charge is 0.417 e. The Morgan fingerprint density at radius 3 is 2.25 bits per heavy atom. The quantitative estimate of drug-likeness (QED) is 0.749. The lowest BCUT2D eigenvalue weighted by atomic mass is 9.87. The molecule has 0 bridgehead atoms. The first-order valence-corrected chi connectivity index (χ1v) is 7.38. The summed E-state index contributed by atoms with van der Waals surface area (Å²) in [6.45, 7) is 6.38. The van der Waals surface area contributed by atoms with E-state index in [9.17, 15) is 13.2 Å². The zero-order valence-electron chi connectivity index (χ0n) is 12.2. The van der Waals surface area contributed by atoms with E-state index in [1.54, 1.807) is 13.1 Å². The van der Waals surface area contributed by atoms with Crippen molar-refractivity contribution in [1.29, 1.82) is 0 Å². The van der Waals surface area contributed by atoms with Gasteiger partial charge >= 0.3 is 6.18 Å². The average Bonchev–Trinajstić information content (AvgIpc) is 2.28. The van der Waals surface area contributed by atoms with Crippen LogP contribution in [0, 0.1) is 5.41 Å². The number of alkyl halides is 3. The molecule has 0 saturated heterocycles. The molecule has 1 N–H and O–H groups in total. The van der Waals surface area contributed by atoms with Gasteiger partial charge in [-0.1, -0.05) is 42.8 Å². The van der Waals surface area contributed by atoms with Crippen molar-refractivity contribution < 1.29 is 13.2 Å². The van der Waals surface area contributed by atoms with E-state index >= 15 is 0 Å². The molecule has 0 aromatic heterocycles. The second-order valence-corrected chi connectivity index (χ2v) is 7.03. The van der Waals surface area contributed by atoms with Crippen molar-refractivity contribution in [2.45, 2.75) is 45.8 Å². The number of halogens is 4. The summed E-state index contributed by atoms with van der Waals surface area (Å²) in [5, 5.41) is 3.11. The lowest BCUT2D eigenvalue weighted by Crippen LogP contribution is -2.20. The van der Waals surface area contributed by atoms with Crippen LogP contribution in [0.1, 0.15) is 50.8 Å². The van der Waals surface area contributed by atoms with E-state index in [0.29, 0.717) is 5.56 Å². The molecule has 0 spiro atoms.